The first-order valence-electron chi connectivity index (χ1n) is 7.00. The summed E-state index contributed by atoms with van der Waals surface area (Å²) >= 11 is 1.61. The zero-order valence-corrected chi connectivity index (χ0v) is 15.0. The van der Waals surface area contributed by atoms with Gasteiger partial charge < -0.3 is 9.73 Å². The van der Waals surface area contributed by atoms with Crippen LogP contribution in [0.3, 0.4) is 0 Å². The van der Waals surface area contributed by atoms with E-state index in [2.05, 4.69) is 23.9 Å². The molecule has 0 aromatic carbocycles. The Morgan fingerprint density at radius 3 is 2.57 bits per heavy atom. The van der Waals surface area contributed by atoms with E-state index in [9.17, 15) is 8.42 Å². The molecule has 0 aliphatic rings. The molecule has 0 saturated heterocycles. The highest BCUT2D eigenvalue weighted by atomic mass is 32.2. The summed E-state index contributed by atoms with van der Waals surface area (Å²) in [6.45, 7) is 9.96. The molecule has 0 saturated carbocycles. The van der Waals surface area contributed by atoms with Crippen LogP contribution in [0, 0.1) is 5.92 Å². The molecule has 0 atom stereocenters. The number of sulfonamides is 1. The van der Waals surface area contributed by atoms with E-state index in [1.807, 2.05) is 20.1 Å². The van der Waals surface area contributed by atoms with Gasteiger partial charge in [0.05, 0.1) is 6.54 Å². The maximum Gasteiger partial charge on any atom is 0.274 e. The molecule has 2 N–H and O–H groups in total. The van der Waals surface area contributed by atoms with Crippen LogP contribution in [0.2, 0.25) is 0 Å². The van der Waals surface area contributed by atoms with Crippen molar-refractivity contribution < 1.29 is 12.8 Å². The summed E-state index contributed by atoms with van der Waals surface area (Å²) in [6.07, 6.45) is 1.96. The molecule has 0 amide bonds. The second-order valence-corrected chi connectivity index (χ2v) is 9.25. The molecule has 0 unspecified atom stereocenters. The summed E-state index contributed by atoms with van der Waals surface area (Å²) in [5.74, 6) is 1.17. The molecule has 1 heterocycles. The highest BCUT2D eigenvalue weighted by Gasteiger charge is 2.23. The van der Waals surface area contributed by atoms with Crippen LogP contribution in [-0.2, 0) is 16.6 Å². The van der Waals surface area contributed by atoms with Crippen molar-refractivity contribution in [3.8, 4) is 0 Å². The first kappa shape index (κ1) is 18.5. The normalized spacial score (nSPS) is 13.0. The number of thioether (sulfide) groups is 1. The summed E-state index contributed by atoms with van der Waals surface area (Å²) in [6, 6.07) is 3.20. The van der Waals surface area contributed by atoms with Gasteiger partial charge >= 0.3 is 0 Å². The third kappa shape index (κ3) is 6.42. The van der Waals surface area contributed by atoms with Crippen LogP contribution >= 0.6 is 11.8 Å². The van der Waals surface area contributed by atoms with Crippen LogP contribution < -0.4 is 10.0 Å². The van der Waals surface area contributed by atoms with Crippen molar-refractivity contribution in [2.75, 3.05) is 19.3 Å². The molecular weight excluding hydrogens is 308 g/mol. The third-order valence-electron chi connectivity index (χ3n) is 2.99. The lowest BCUT2D eigenvalue weighted by molar-refractivity contribution is 0.394. The van der Waals surface area contributed by atoms with E-state index in [-0.39, 0.29) is 9.84 Å². The van der Waals surface area contributed by atoms with E-state index in [0.29, 0.717) is 24.8 Å². The van der Waals surface area contributed by atoms with Gasteiger partial charge in [-0.2, -0.15) is 11.8 Å². The van der Waals surface area contributed by atoms with Crippen LogP contribution in [0.4, 0.5) is 0 Å². The molecule has 122 valence electrons. The van der Waals surface area contributed by atoms with Crippen LogP contribution in [0.1, 0.15) is 33.5 Å². The molecule has 0 spiro atoms. The Bertz CT molecular complexity index is 536. The number of hydrogen-bond donors (Lipinski definition) is 2. The van der Waals surface area contributed by atoms with Gasteiger partial charge in [-0.15, -0.1) is 0 Å². The summed E-state index contributed by atoms with van der Waals surface area (Å²) < 4.78 is 32.2. The van der Waals surface area contributed by atoms with Gasteiger partial charge in [0.15, 0.2) is 0 Å². The molecule has 7 heteroatoms. The lowest BCUT2D eigenvalue weighted by Crippen LogP contribution is -2.35. The first-order chi connectivity index (χ1) is 9.66. The standard InChI is InChI=1S/C14H26N2O3S2/c1-11(2)8-15-9-12-6-7-13(19-12)21(17,18)16-10-14(3,4)20-5/h6-7,11,15-16H,8-10H2,1-5H3. The predicted molar refractivity (Wildman–Crippen MR) is 88.0 cm³/mol. The van der Waals surface area contributed by atoms with Gasteiger partial charge in [0.25, 0.3) is 10.0 Å². The van der Waals surface area contributed by atoms with Gasteiger partial charge in [-0.05, 0) is 44.7 Å². The molecule has 1 aromatic rings. The second-order valence-electron chi connectivity index (χ2n) is 6.03. The molecule has 0 fully saturated rings. The molecule has 0 aliphatic heterocycles. The van der Waals surface area contributed by atoms with E-state index in [0.717, 1.165) is 6.54 Å². The van der Waals surface area contributed by atoms with Gasteiger partial charge in [-0.25, -0.2) is 13.1 Å². The highest BCUT2D eigenvalue weighted by molar-refractivity contribution is 8.00. The number of hydrogen-bond acceptors (Lipinski definition) is 5. The lowest BCUT2D eigenvalue weighted by Gasteiger charge is -2.21. The molecule has 0 radical (unpaired) electrons. The van der Waals surface area contributed by atoms with Crippen LogP contribution in [-0.4, -0.2) is 32.5 Å². The minimum absolute atomic E-state index is 0.0271. The highest BCUT2D eigenvalue weighted by Crippen LogP contribution is 2.21. The van der Waals surface area contributed by atoms with Crippen LogP contribution in [0.15, 0.2) is 21.6 Å². The molecule has 21 heavy (non-hydrogen) atoms. The largest absolute Gasteiger partial charge is 0.447 e. The number of nitrogens with one attached hydrogen (secondary N) is 2. The van der Waals surface area contributed by atoms with Crippen molar-refractivity contribution in [2.24, 2.45) is 5.92 Å². The second kappa shape index (κ2) is 7.67. The third-order valence-corrected chi connectivity index (χ3v) is 5.52. The van der Waals surface area contributed by atoms with Crippen molar-refractivity contribution in [1.29, 1.82) is 0 Å². The Hall–Kier alpha value is -0.500. The van der Waals surface area contributed by atoms with Crippen molar-refractivity contribution in [2.45, 2.75) is 44.1 Å². The van der Waals surface area contributed by atoms with Gasteiger partial charge in [0.2, 0.25) is 5.09 Å². The van der Waals surface area contributed by atoms with Crippen LogP contribution in [0.5, 0.6) is 0 Å². The molecular formula is C14H26N2O3S2. The smallest absolute Gasteiger partial charge is 0.274 e. The molecule has 5 nitrogen and oxygen atoms in total. The summed E-state index contributed by atoms with van der Waals surface area (Å²) in [5, 5.41) is 3.19. The Morgan fingerprint density at radius 2 is 2.00 bits per heavy atom. The van der Waals surface area contributed by atoms with E-state index in [1.54, 1.807) is 17.8 Å². The molecule has 0 aliphatic carbocycles. The van der Waals surface area contributed by atoms with E-state index < -0.39 is 10.0 Å². The van der Waals surface area contributed by atoms with Gasteiger partial charge in [0, 0.05) is 11.3 Å². The summed E-state index contributed by atoms with van der Waals surface area (Å²) in [7, 11) is -3.58. The first-order valence-corrected chi connectivity index (χ1v) is 9.71. The quantitative estimate of drug-likeness (QED) is 0.726. The SMILES string of the molecule is CSC(C)(C)CNS(=O)(=O)c1ccc(CNCC(C)C)o1. The van der Waals surface area contributed by atoms with Crippen molar-refractivity contribution in [3.63, 3.8) is 0 Å². The maximum absolute atomic E-state index is 12.2. The number of rotatable bonds is 9. The van der Waals surface area contributed by atoms with Gasteiger partial charge in [-0.1, -0.05) is 13.8 Å². The van der Waals surface area contributed by atoms with E-state index in [1.165, 1.54) is 6.07 Å². The molecule has 0 bridgehead atoms. The van der Waals surface area contributed by atoms with Crippen molar-refractivity contribution >= 4 is 21.8 Å². The summed E-state index contributed by atoms with van der Waals surface area (Å²) in [4.78, 5) is 0. The van der Waals surface area contributed by atoms with Gasteiger partial charge in [-0.3, -0.25) is 0 Å². The fourth-order valence-electron chi connectivity index (χ4n) is 1.49. The minimum atomic E-state index is -3.58. The van der Waals surface area contributed by atoms with Crippen LogP contribution in [0.25, 0.3) is 0 Å². The minimum Gasteiger partial charge on any atom is -0.447 e. The average molecular weight is 335 g/mol. The fraction of sp³-hybridized carbons (Fsp3) is 0.714. The Kier molecular flexibility index (Phi) is 6.77. The molecule has 1 rings (SSSR count). The monoisotopic (exact) mass is 334 g/mol. The fourth-order valence-corrected chi connectivity index (χ4v) is 2.96. The molecule has 1 aromatic heterocycles. The van der Waals surface area contributed by atoms with Crippen molar-refractivity contribution in [1.82, 2.24) is 10.0 Å². The van der Waals surface area contributed by atoms with Gasteiger partial charge in [0.1, 0.15) is 5.76 Å². The number of furan rings is 1. The van der Waals surface area contributed by atoms with E-state index in [4.69, 9.17) is 4.42 Å². The Labute approximate surface area is 132 Å². The topological polar surface area (TPSA) is 71.3 Å². The summed E-state index contributed by atoms with van der Waals surface area (Å²) in [5.41, 5.74) is 0. The van der Waals surface area contributed by atoms with Crippen molar-refractivity contribution in [3.05, 3.63) is 17.9 Å². The van der Waals surface area contributed by atoms with E-state index >= 15 is 0 Å². The maximum atomic E-state index is 12.2. The zero-order valence-electron chi connectivity index (χ0n) is 13.4. The Morgan fingerprint density at radius 1 is 1.33 bits per heavy atom. The predicted octanol–water partition coefficient (Wildman–Crippen LogP) is 2.45. The Balaban J connectivity index is 2.62. The average Bonchev–Trinajstić information content (AvgIpc) is 2.86. The lowest BCUT2D eigenvalue weighted by atomic mass is 10.2. The zero-order chi connectivity index (χ0) is 16.1.